The van der Waals surface area contributed by atoms with Gasteiger partial charge in [-0.15, -0.1) is 0 Å². The zero-order chi connectivity index (χ0) is 10.1. The van der Waals surface area contributed by atoms with Crippen LogP contribution in [-0.2, 0) is 0 Å². The van der Waals surface area contributed by atoms with E-state index in [1.807, 2.05) is 19.1 Å². The van der Waals surface area contributed by atoms with Crippen molar-refractivity contribution in [3.8, 4) is 5.75 Å². The summed E-state index contributed by atoms with van der Waals surface area (Å²) in [7, 11) is 1.60. The third-order valence-corrected chi connectivity index (χ3v) is 2.41. The van der Waals surface area contributed by atoms with Gasteiger partial charge < -0.3 is 4.74 Å². The monoisotopic (exact) mass is 208 g/mol. The van der Waals surface area contributed by atoms with Crippen molar-refractivity contribution in [3.05, 3.63) is 29.2 Å². The fourth-order valence-corrected chi connectivity index (χ4v) is 1.64. The molecule has 0 radical (unpaired) electrons. The lowest BCUT2D eigenvalue weighted by Gasteiger charge is -2.07. The molecular weight excluding hydrogens is 200 g/mol. The van der Waals surface area contributed by atoms with E-state index in [1.165, 1.54) is 6.33 Å². The molecule has 0 fully saturated rings. The van der Waals surface area contributed by atoms with Crippen LogP contribution in [0.3, 0.4) is 0 Å². The number of hydrogen-bond acceptors (Lipinski definition) is 3. The molecule has 72 valence electrons. The van der Waals surface area contributed by atoms with E-state index < -0.39 is 0 Å². The van der Waals surface area contributed by atoms with Crippen LogP contribution < -0.4 is 4.74 Å². The molecule has 1 aromatic carbocycles. The summed E-state index contributed by atoms with van der Waals surface area (Å²) in [6, 6.07) is 3.82. The van der Waals surface area contributed by atoms with Gasteiger partial charge in [0.25, 0.3) is 0 Å². The van der Waals surface area contributed by atoms with Crippen molar-refractivity contribution >= 4 is 22.5 Å². The van der Waals surface area contributed by atoms with Gasteiger partial charge in [-0.25, -0.2) is 9.97 Å². The summed E-state index contributed by atoms with van der Waals surface area (Å²) in [6.45, 7) is 1.98. The maximum Gasteiger partial charge on any atom is 0.144 e. The minimum atomic E-state index is 0.426. The summed E-state index contributed by atoms with van der Waals surface area (Å²) >= 11 is 5.98. The maximum atomic E-state index is 5.98. The molecule has 4 heteroatoms. The number of halogens is 1. The molecule has 0 spiro atoms. The van der Waals surface area contributed by atoms with Gasteiger partial charge in [0.1, 0.15) is 17.2 Å². The quantitative estimate of drug-likeness (QED) is 0.676. The molecule has 0 aliphatic carbocycles. The second-order valence-electron chi connectivity index (χ2n) is 2.97. The van der Waals surface area contributed by atoms with Crippen LogP contribution in [0, 0.1) is 6.92 Å². The van der Waals surface area contributed by atoms with E-state index in [2.05, 4.69) is 9.97 Å². The molecule has 0 bridgehead atoms. The van der Waals surface area contributed by atoms with Crippen molar-refractivity contribution in [1.29, 1.82) is 0 Å². The van der Waals surface area contributed by atoms with Crippen LogP contribution in [0.1, 0.15) is 5.56 Å². The number of rotatable bonds is 1. The van der Waals surface area contributed by atoms with Crippen LogP contribution in [0.4, 0.5) is 0 Å². The average Bonchev–Trinajstić information content (AvgIpc) is 2.20. The Labute approximate surface area is 86.7 Å². The first kappa shape index (κ1) is 9.21. The zero-order valence-electron chi connectivity index (χ0n) is 7.91. The van der Waals surface area contributed by atoms with Gasteiger partial charge in [-0.2, -0.15) is 0 Å². The molecule has 3 nitrogen and oxygen atoms in total. The molecule has 0 unspecified atom stereocenters. The lowest BCUT2D eigenvalue weighted by Crippen LogP contribution is -1.91. The predicted octanol–water partition coefficient (Wildman–Crippen LogP) is 2.60. The minimum Gasteiger partial charge on any atom is -0.496 e. The van der Waals surface area contributed by atoms with Crippen molar-refractivity contribution in [1.82, 2.24) is 9.97 Å². The van der Waals surface area contributed by atoms with Crippen molar-refractivity contribution in [2.24, 2.45) is 0 Å². The lowest BCUT2D eigenvalue weighted by atomic mass is 10.1. The van der Waals surface area contributed by atoms with Crippen LogP contribution in [0.5, 0.6) is 5.75 Å². The Morgan fingerprint density at radius 1 is 1.29 bits per heavy atom. The molecule has 0 saturated heterocycles. The number of ether oxygens (including phenoxy) is 1. The number of hydrogen-bond donors (Lipinski definition) is 0. The SMILES string of the molecule is COc1ccc(C)c2ncnc(Cl)c12. The van der Waals surface area contributed by atoms with E-state index in [-0.39, 0.29) is 0 Å². The summed E-state index contributed by atoms with van der Waals surface area (Å²) in [6.07, 6.45) is 1.46. The molecule has 14 heavy (non-hydrogen) atoms. The van der Waals surface area contributed by atoms with Gasteiger partial charge in [0, 0.05) is 0 Å². The molecule has 0 N–H and O–H groups in total. The van der Waals surface area contributed by atoms with Gasteiger partial charge in [0.05, 0.1) is 18.0 Å². The maximum absolute atomic E-state index is 5.98. The number of aryl methyl sites for hydroxylation is 1. The first-order chi connectivity index (χ1) is 6.74. The molecule has 1 aromatic heterocycles. The van der Waals surface area contributed by atoms with Crippen molar-refractivity contribution in [2.45, 2.75) is 6.92 Å². The van der Waals surface area contributed by atoms with Gasteiger partial charge in [-0.05, 0) is 18.6 Å². The Kier molecular flexibility index (Phi) is 2.25. The van der Waals surface area contributed by atoms with Crippen LogP contribution in [-0.4, -0.2) is 17.1 Å². The van der Waals surface area contributed by atoms with E-state index in [9.17, 15) is 0 Å². The summed E-state index contributed by atoms with van der Waals surface area (Å²) in [4.78, 5) is 8.11. The molecule has 0 saturated carbocycles. The smallest absolute Gasteiger partial charge is 0.144 e. The highest BCUT2D eigenvalue weighted by molar-refractivity contribution is 6.34. The first-order valence-electron chi connectivity index (χ1n) is 4.18. The van der Waals surface area contributed by atoms with Gasteiger partial charge in [0.15, 0.2) is 0 Å². The highest BCUT2D eigenvalue weighted by Crippen LogP contribution is 2.30. The minimum absolute atomic E-state index is 0.426. The first-order valence-corrected chi connectivity index (χ1v) is 4.55. The number of nitrogens with zero attached hydrogens (tertiary/aromatic N) is 2. The van der Waals surface area contributed by atoms with Gasteiger partial charge in [-0.1, -0.05) is 17.7 Å². The van der Waals surface area contributed by atoms with E-state index in [1.54, 1.807) is 7.11 Å². The molecule has 0 aliphatic rings. The third kappa shape index (κ3) is 1.30. The Morgan fingerprint density at radius 2 is 2.07 bits per heavy atom. The van der Waals surface area contributed by atoms with Gasteiger partial charge in [0.2, 0.25) is 0 Å². The summed E-state index contributed by atoms with van der Waals surface area (Å²) in [5.41, 5.74) is 1.90. The predicted molar refractivity (Wildman–Crippen MR) is 55.8 cm³/mol. The molecule has 0 atom stereocenters. The highest BCUT2D eigenvalue weighted by atomic mass is 35.5. The second-order valence-corrected chi connectivity index (χ2v) is 3.33. The Bertz CT molecular complexity index is 485. The van der Waals surface area contributed by atoms with Crippen molar-refractivity contribution in [2.75, 3.05) is 7.11 Å². The molecule has 0 aliphatic heterocycles. The van der Waals surface area contributed by atoms with Crippen molar-refractivity contribution < 1.29 is 4.74 Å². The lowest BCUT2D eigenvalue weighted by molar-refractivity contribution is 0.419. The topological polar surface area (TPSA) is 35.0 Å². The summed E-state index contributed by atoms with van der Waals surface area (Å²) < 4.78 is 5.20. The second kappa shape index (κ2) is 3.42. The van der Waals surface area contributed by atoms with Crippen molar-refractivity contribution in [3.63, 3.8) is 0 Å². The molecular formula is C10H9ClN2O. The molecule has 2 rings (SSSR count). The normalized spacial score (nSPS) is 10.5. The van der Waals surface area contributed by atoms with Gasteiger partial charge >= 0.3 is 0 Å². The van der Waals surface area contributed by atoms with E-state index in [0.717, 1.165) is 16.5 Å². The Morgan fingerprint density at radius 3 is 2.79 bits per heavy atom. The van der Waals surface area contributed by atoms with Gasteiger partial charge in [-0.3, -0.25) is 0 Å². The van der Waals surface area contributed by atoms with E-state index >= 15 is 0 Å². The summed E-state index contributed by atoms with van der Waals surface area (Å²) in [5.74, 6) is 0.705. The number of aromatic nitrogens is 2. The average molecular weight is 209 g/mol. The van der Waals surface area contributed by atoms with E-state index in [0.29, 0.717) is 10.9 Å². The van der Waals surface area contributed by atoms with E-state index in [4.69, 9.17) is 16.3 Å². The largest absolute Gasteiger partial charge is 0.496 e. The number of fused-ring (bicyclic) bond motifs is 1. The van der Waals surface area contributed by atoms with Crippen LogP contribution in [0.15, 0.2) is 18.5 Å². The molecule has 2 aromatic rings. The fourth-order valence-electron chi connectivity index (χ4n) is 1.41. The number of methoxy groups -OCH3 is 1. The summed E-state index contributed by atoms with van der Waals surface area (Å²) in [5, 5.41) is 1.20. The van der Waals surface area contributed by atoms with Crippen LogP contribution >= 0.6 is 11.6 Å². The number of benzene rings is 1. The Hall–Kier alpha value is -1.35. The van der Waals surface area contributed by atoms with Crippen LogP contribution in [0.2, 0.25) is 5.15 Å². The van der Waals surface area contributed by atoms with Crippen LogP contribution in [0.25, 0.3) is 10.9 Å². The molecule has 0 amide bonds. The highest BCUT2D eigenvalue weighted by Gasteiger charge is 2.09. The Balaban J connectivity index is 2.92. The standard InChI is InChI=1S/C10H9ClN2O/c1-6-3-4-7(14-2)8-9(6)12-5-13-10(8)11/h3-5H,1-2H3. The third-order valence-electron chi connectivity index (χ3n) is 2.13. The molecule has 1 heterocycles. The fraction of sp³-hybridized carbons (Fsp3) is 0.200. The zero-order valence-corrected chi connectivity index (χ0v) is 8.67.